The Morgan fingerprint density at radius 2 is 1.87 bits per heavy atom. The highest BCUT2D eigenvalue weighted by atomic mass is 16.5. The molecule has 31 heavy (non-hydrogen) atoms. The van der Waals surface area contributed by atoms with Crippen LogP contribution in [0.15, 0.2) is 71.9 Å². The van der Waals surface area contributed by atoms with Crippen molar-refractivity contribution in [2.75, 3.05) is 12.4 Å². The molecule has 0 atom stereocenters. The maximum absolute atomic E-state index is 13.2. The highest BCUT2D eigenvalue weighted by Gasteiger charge is 2.27. The summed E-state index contributed by atoms with van der Waals surface area (Å²) in [6.45, 7) is 0.0148. The SMILES string of the molecule is COc1ccc(NC(=O)Cn2cc(-c3ccccc3)c3ncn(C4CC4)c(=O)c32)cc1. The molecule has 1 N–H and O–H groups in total. The fourth-order valence-corrected chi connectivity index (χ4v) is 3.79. The van der Waals surface area contributed by atoms with Crippen LogP contribution in [0.3, 0.4) is 0 Å². The van der Waals surface area contributed by atoms with E-state index in [4.69, 9.17) is 4.74 Å². The molecule has 7 nitrogen and oxygen atoms in total. The van der Waals surface area contributed by atoms with E-state index in [9.17, 15) is 9.59 Å². The highest BCUT2D eigenvalue weighted by molar-refractivity contribution is 5.95. The second-order valence-electron chi connectivity index (χ2n) is 7.70. The number of carbonyl (C=O) groups excluding carboxylic acids is 1. The number of hydrogen-bond acceptors (Lipinski definition) is 4. The summed E-state index contributed by atoms with van der Waals surface area (Å²) in [5.41, 5.74) is 3.43. The summed E-state index contributed by atoms with van der Waals surface area (Å²) >= 11 is 0. The number of anilines is 1. The Bertz CT molecular complexity index is 1300. The van der Waals surface area contributed by atoms with Crippen molar-refractivity contribution in [3.8, 4) is 16.9 Å². The molecule has 0 bridgehead atoms. The summed E-state index contributed by atoms with van der Waals surface area (Å²) < 4.78 is 8.55. The van der Waals surface area contributed by atoms with E-state index in [-0.39, 0.29) is 24.1 Å². The molecule has 7 heteroatoms. The van der Waals surface area contributed by atoms with Crippen molar-refractivity contribution in [3.05, 3.63) is 77.5 Å². The molecule has 0 radical (unpaired) electrons. The van der Waals surface area contributed by atoms with Gasteiger partial charge in [-0.1, -0.05) is 30.3 Å². The lowest BCUT2D eigenvalue weighted by atomic mass is 10.1. The summed E-state index contributed by atoms with van der Waals surface area (Å²) in [6, 6.07) is 17.1. The van der Waals surface area contributed by atoms with E-state index < -0.39 is 0 Å². The zero-order valence-corrected chi connectivity index (χ0v) is 17.1. The van der Waals surface area contributed by atoms with Crippen LogP contribution < -0.4 is 15.6 Å². The molecule has 0 spiro atoms. The Morgan fingerprint density at radius 3 is 2.55 bits per heavy atom. The molecular formula is C24H22N4O3. The number of hydrogen-bond donors (Lipinski definition) is 1. The second-order valence-corrected chi connectivity index (χ2v) is 7.70. The Morgan fingerprint density at radius 1 is 1.13 bits per heavy atom. The summed E-state index contributed by atoms with van der Waals surface area (Å²) in [6.07, 6.45) is 5.45. The maximum atomic E-state index is 13.2. The molecule has 5 rings (SSSR count). The van der Waals surface area contributed by atoms with Crippen molar-refractivity contribution in [1.82, 2.24) is 14.1 Å². The molecule has 2 aromatic heterocycles. The molecule has 2 heterocycles. The summed E-state index contributed by atoms with van der Waals surface area (Å²) in [7, 11) is 1.59. The number of aromatic nitrogens is 3. The Hall–Kier alpha value is -3.87. The largest absolute Gasteiger partial charge is 0.497 e. The summed E-state index contributed by atoms with van der Waals surface area (Å²) in [4.78, 5) is 30.6. The number of rotatable bonds is 6. The predicted octanol–water partition coefficient (Wildman–Crippen LogP) is 3.85. The number of methoxy groups -OCH3 is 1. The molecule has 1 aliphatic rings. The molecule has 0 unspecified atom stereocenters. The lowest BCUT2D eigenvalue weighted by Gasteiger charge is -2.09. The fourth-order valence-electron chi connectivity index (χ4n) is 3.79. The van der Waals surface area contributed by atoms with Gasteiger partial charge in [0.15, 0.2) is 0 Å². The van der Waals surface area contributed by atoms with Crippen LogP contribution in [-0.4, -0.2) is 27.1 Å². The molecule has 0 saturated heterocycles. The quantitative estimate of drug-likeness (QED) is 0.520. The molecule has 0 aliphatic heterocycles. The number of benzene rings is 2. The van der Waals surface area contributed by atoms with Crippen LogP contribution in [0.4, 0.5) is 5.69 Å². The minimum absolute atomic E-state index is 0.0148. The number of fused-ring (bicyclic) bond motifs is 1. The molecule has 4 aromatic rings. The van der Waals surface area contributed by atoms with Crippen LogP contribution >= 0.6 is 0 Å². The lowest BCUT2D eigenvalue weighted by Crippen LogP contribution is -2.24. The van der Waals surface area contributed by atoms with E-state index in [1.54, 1.807) is 46.8 Å². The molecule has 1 amide bonds. The lowest BCUT2D eigenvalue weighted by molar-refractivity contribution is -0.116. The third kappa shape index (κ3) is 3.70. The average molecular weight is 414 g/mol. The van der Waals surface area contributed by atoms with Crippen LogP contribution in [0.1, 0.15) is 18.9 Å². The third-order valence-electron chi connectivity index (χ3n) is 5.51. The van der Waals surface area contributed by atoms with Crippen molar-refractivity contribution in [2.45, 2.75) is 25.4 Å². The van der Waals surface area contributed by atoms with Crippen molar-refractivity contribution in [2.24, 2.45) is 0 Å². The fraction of sp³-hybridized carbons (Fsp3) is 0.208. The molecule has 1 aliphatic carbocycles. The van der Waals surface area contributed by atoms with Crippen molar-refractivity contribution in [3.63, 3.8) is 0 Å². The zero-order valence-electron chi connectivity index (χ0n) is 17.1. The summed E-state index contributed by atoms with van der Waals surface area (Å²) in [5, 5.41) is 2.88. The Balaban J connectivity index is 1.52. The van der Waals surface area contributed by atoms with Gasteiger partial charge in [-0.3, -0.25) is 14.2 Å². The molecule has 1 fully saturated rings. The molecule has 1 saturated carbocycles. The topological polar surface area (TPSA) is 78.2 Å². The second kappa shape index (κ2) is 7.75. The van der Waals surface area contributed by atoms with E-state index in [0.717, 1.165) is 24.0 Å². The van der Waals surface area contributed by atoms with Crippen molar-refractivity contribution in [1.29, 1.82) is 0 Å². The van der Waals surface area contributed by atoms with E-state index in [1.165, 1.54) is 0 Å². The van der Waals surface area contributed by atoms with Gasteiger partial charge in [0.05, 0.1) is 13.4 Å². The van der Waals surface area contributed by atoms with Gasteiger partial charge in [-0.25, -0.2) is 4.98 Å². The summed E-state index contributed by atoms with van der Waals surface area (Å²) in [5.74, 6) is 0.497. The number of ether oxygens (including phenoxy) is 1. The normalized spacial score (nSPS) is 13.3. The van der Waals surface area contributed by atoms with Gasteiger partial charge in [-0.05, 0) is 42.7 Å². The van der Waals surface area contributed by atoms with Gasteiger partial charge >= 0.3 is 0 Å². The Kier molecular flexibility index (Phi) is 4.78. The van der Waals surface area contributed by atoms with Crippen LogP contribution in [-0.2, 0) is 11.3 Å². The van der Waals surface area contributed by atoms with Gasteiger partial charge in [0, 0.05) is 23.5 Å². The van der Waals surface area contributed by atoms with Crippen LogP contribution in [0.25, 0.3) is 22.2 Å². The monoisotopic (exact) mass is 414 g/mol. The van der Waals surface area contributed by atoms with E-state index in [1.807, 2.05) is 36.5 Å². The van der Waals surface area contributed by atoms with Crippen LogP contribution in [0.5, 0.6) is 5.75 Å². The van der Waals surface area contributed by atoms with Gasteiger partial charge in [-0.15, -0.1) is 0 Å². The van der Waals surface area contributed by atoms with Gasteiger partial charge in [-0.2, -0.15) is 0 Å². The van der Waals surface area contributed by atoms with Gasteiger partial charge in [0.2, 0.25) is 5.91 Å². The van der Waals surface area contributed by atoms with Crippen LogP contribution in [0.2, 0.25) is 0 Å². The first kappa shape index (κ1) is 19.1. The number of nitrogens with one attached hydrogen (secondary N) is 1. The minimum Gasteiger partial charge on any atom is -0.497 e. The number of nitrogens with zero attached hydrogens (tertiary/aromatic N) is 3. The Labute approximate surface area is 178 Å². The van der Waals surface area contributed by atoms with E-state index in [0.29, 0.717) is 22.5 Å². The number of amides is 1. The van der Waals surface area contributed by atoms with E-state index >= 15 is 0 Å². The van der Waals surface area contributed by atoms with Crippen molar-refractivity contribution < 1.29 is 9.53 Å². The van der Waals surface area contributed by atoms with Crippen LogP contribution in [0, 0.1) is 0 Å². The number of carbonyl (C=O) groups is 1. The van der Waals surface area contributed by atoms with E-state index in [2.05, 4.69) is 10.3 Å². The zero-order chi connectivity index (χ0) is 21.4. The maximum Gasteiger partial charge on any atom is 0.278 e. The smallest absolute Gasteiger partial charge is 0.278 e. The first-order valence-electron chi connectivity index (χ1n) is 10.2. The van der Waals surface area contributed by atoms with Gasteiger partial charge in [0.25, 0.3) is 5.56 Å². The third-order valence-corrected chi connectivity index (χ3v) is 5.51. The van der Waals surface area contributed by atoms with Crippen molar-refractivity contribution >= 4 is 22.6 Å². The molecule has 2 aromatic carbocycles. The standard InChI is InChI=1S/C24H22N4O3/c1-31-19-11-7-17(8-12-19)26-21(29)14-27-13-20(16-5-3-2-4-6-16)22-23(27)24(30)28(15-25-22)18-9-10-18/h2-8,11-13,15,18H,9-10,14H2,1H3,(H,26,29). The highest BCUT2D eigenvalue weighted by Crippen LogP contribution is 2.34. The first-order valence-corrected chi connectivity index (χ1v) is 10.2. The van der Waals surface area contributed by atoms with Gasteiger partial charge < -0.3 is 14.6 Å². The molecule has 156 valence electrons. The predicted molar refractivity (Wildman–Crippen MR) is 119 cm³/mol. The van der Waals surface area contributed by atoms with Gasteiger partial charge in [0.1, 0.15) is 23.3 Å². The molecular weight excluding hydrogens is 392 g/mol. The first-order chi connectivity index (χ1) is 15.1. The average Bonchev–Trinajstić information content (AvgIpc) is 3.57. The minimum atomic E-state index is -0.220.